The van der Waals surface area contributed by atoms with Crippen molar-refractivity contribution in [3.63, 3.8) is 0 Å². The molecular formula is C57H76N4O22S4. The number of esters is 1. The molecule has 7 rings (SSSR count). The average molecular weight is 1300 g/mol. The largest absolute Gasteiger partial charge is 0.493 e. The molecule has 26 nitrogen and oxygen atoms in total. The van der Waals surface area contributed by atoms with Gasteiger partial charge in [-0.15, -0.1) is 0 Å². The van der Waals surface area contributed by atoms with Crippen LogP contribution in [0.1, 0.15) is 50.4 Å². The second-order valence-electron chi connectivity index (χ2n) is 20.4. The maximum absolute atomic E-state index is 15.5. The maximum Gasteiger partial charge on any atom is 0.411 e. The molecule has 87 heavy (non-hydrogen) atoms. The van der Waals surface area contributed by atoms with E-state index in [9.17, 15) is 34.8 Å². The Balaban J connectivity index is 1.23. The molecule has 2 aliphatic carbocycles. The Hall–Kier alpha value is -4.62. The Morgan fingerprint density at radius 3 is 2.22 bits per heavy atom. The van der Waals surface area contributed by atoms with Crippen LogP contribution in [0.4, 0.5) is 10.5 Å². The topological polar surface area (TPSA) is 327 Å². The molecular weight excluding hydrogens is 1220 g/mol. The number of ether oxygens (including phenoxy) is 13. The molecule has 6 aliphatic rings. The van der Waals surface area contributed by atoms with Crippen molar-refractivity contribution in [3.05, 3.63) is 65.1 Å². The number of Topliss-reactive ketones (excluding diaryl/α,β-unsaturated/α-hetero) is 1. The molecule has 4 fully saturated rings. The number of carbonyl (C=O) groups excluding carboxylic acids is 4. The third-order valence-corrected chi connectivity index (χ3v) is 20.0. The van der Waals surface area contributed by atoms with Crippen molar-refractivity contribution in [2.45, 2.75) is 155 Å². The van der Waals surface area contributed by atoms with E-state index in [4.69, 9.17) is 66.4 Å². The number of aliphatic hydroxyl groups excluding tert-OH is 3. The van der Waals surface area contributed by atoms with E-state index in [0.717, 1.165) is 7.11 Å². The average Bonchev–Trinajstić information content (AvgIpc) is 0.873. The van der Waals surface area contributed by atoms with E-state index in [2.05, 4.69) is 51.7 Å². The van der Waals surface area contributed by atoms with E-state index < -0.39 is 134 Å². The number of benzene rings is 1. The van der Waals surface area contributed by atoms with Crippen molar-refractivity contribution in [2.75, 3.05) is 72.8 Å². The molecule has 0 spiro atoms. The molecule has 1 aromatic rings. The number of thioether (sulfide) groups is 1. The molecule has 8 N–H and O–H groups in total. The second-order valence-corrected chi connectivity index (χ2v) is 25.8. The number of rotatable bonds is 24. The Bertz CT molecular complexity index is 2820. The number of methoxy groups -OCH3 is 5. The highest BCUT2D eigenvalue weighted by atomic mass is 33.5. The highest BCUT2D eigenvalue weighted by Crippen LogP contribution is 2.44. The number of aliphatic hydroxyl groups is 4. The van der Waals surface area contributed by atoms with Gasteiger partial charge in [-0.25, -0.2) is 9.59 Å². The standard InChI is InChI=1S/C57H76N4O22S4/c1-27-45(61-83-43-24-36(63)51(84-11)29(3)77-43)47(64)50(80-41-25-38(71-7)34(58-5)26-75-41)55(78-27)79-37-17-15-13-14-16-19-57(69)32(18-20-86-87-85-12)44(37)46(60-56(68)74-10)48(65)52(57)81-42-23-35(62)49(28(2)76-42)82-54(67)31-21-39(72-8)40(73-9)22-33(31)59-53(66)30(4)70-6/h13-14,18,21-22,27-29,34-38,41-43,45,47,49-52,55,58,61-64,69H,4,20,23-26H2,1-3,5-12H3,(H,59,66)(H,60,68)/b14-13+,32-18+/t27-,28+,29-,34+,35+,36+,37+,38+,41+,42+,43+,45-,47+,49-,50-,51-,52-,55+,57-/m1/s1. The van der Waals surface area contributed by atoms with Crippen LogP contribution in [0.5, 0.6) is 11.5 Å². The normalized spacial score (nSPS) is 34.9. The van der Waals surface area contributed by atoms with Crippen LogP contribution in [-0.4, -0.2) is 227 Å². The number of anilines is 1. The van der Waals surface area contributed by atoms with Crippen molar-refractivity contribution in [1.29, 1.82) is 0 Å². The zero-order valence-electron chi connectivity index (χ0n) is 49.8. The predicted octanol–water partition coefficient (Wildman–Crippen LogP) is 2.64. The van der Waals surface area contributed by atoms with E-state index >= 15 is 4.79 Å². The van der Waals surface area contributed by atoms with Gasteiger partial charge in [-0.3, -0.25) is 19.7 Å². The lowest BCUT2D eigenvalue weighted by molar-refractivity contribution is -0.336. The Kier molecular flexibility index (Phi) is 26.0. The minimum Gasteiger partial charge on any atom is -0.493 e. The number of amides is 2. The summed E-state index contributed by atoms with van der Waals surface area (Å²) in [6, 6.07) is 1.34. The first kappa shape index (κ1) is 69.8. The van der Waals surface area contributed by atoms with Gasteiger partial charge < -0.3 is 92.6 Å². The third-order valence-electron chi connectivity index (χ3n) is 15.0. The summed E-state index contributed by atoms with van der Waals surface area (Å²) < 4.78 is 77.4. The summed E-state index contributed by atoms with van der Waals surface area (Å²) in [6.07, 6.45) is -11.6. The lowest BCUT2D eigenvalue weighted by Crippen LogP contribution is -2.65. The number of hydrogen-bond acceptors (Lipinski definition) is 28. The van der Waals surface area contributed by atoms with Crippen LogP contribution in [0.2, 0.25) is 0 Å². The molecule has 4 saturated heterocycles. The summed E-state index contributed by atoms with van der Waals surface area (Å²) in [7, 11) is 12.5. The predicted molar refractivity (Wildman–Crippen MR) is 321 cm³/mol. The minimum absolute atomic E-state index is 0.0771. The zero-order valence-corrected chi connectivity index (χ0v) is 53.1. The number of carbonyl (C=O) groups is 4. The lowest BCUT2D eigenvalue weighted by atomic mass is 9.73. The van der Waals surface area contributed by atoms with Gasteiger partial charge >= 0.3 is 12.1 Å². The number of fused-ring (bicyclic) bond motifs is 2. The molecule has 480 valence electrons. The van der Waals surface area contributed by atoms with Crippen molar-refractivity contribution < 1.29 is 106 Å². The monoisotopic (exact) mass is 1300 g/mol. The molecule has 0 radical (unpaired) electrons. The first-order valence-corrected chi connectivity index (χ1v) is 32.9. The summed E-state index contributed by atoms with van der Waals surface area (Å²) in [5, 5.41) is 56.5. The van der Waals surface area contributed by atoms with Gasteiger partial charge in [0, 0.05) is 55.4 Å². The van der Waals surface area contributed by atoms with Gasteiger partial charge in [0.15, 0.2) is 60.2 Å². The summed E-state index contributed by atoms with van der Waals surface area (Å²) >= 11 is 1.47. The van der Waals surface area contributed by atoms with Crippen LogP contribution >= 0.6 is 43.2 Å². The smallest absolute Gasteiger partial charge is 0.411 e. The van der Waals surface area contributed by atoms with Gasteiger partial charge in [-0.2, -0.15) is 17.2 Å². The van der Waals surface area contributed by atoms with Gasteiger partial charge in [-0.05, 0) is 62.3 Å². The van der Waals surface area contributed by atoms with Crippen LogP contribution in [-0.2, 0) is 66.5 Å². The first-order chi connectivity index (χ1) is 41.7. The fraction of sp³-hybridized carbons (Fsp3) is 0.614. The lowest BCUT2D eigenvalue weighted by Gasteiger charge is -2.47. The highest BCUT2D eigenvalue weighted by Gasteiger charge is 2.57. The molecule has 0 saturated carbocycles. The minimum atomic E-state index is -2.63. The molecule has 0 aromatic heterocycles. The van der Waals surface area contributed by atoms with Crippen LogP contribution in [0.3, 0.4) is 0 Å². The number of hydroxylamine groups is 1. The van der Waals surface area contributed by atoms with Crippen molar-refractivity contribution in [3.8, 4) is 35.2 Å². The van der Waals surface area contributed by atoms with E-state index in [1.807, 2.05) is 19.4 Å². The van der Waals surface area contributed by atoms with Gasteiger partial charge in [-0.1, -0.05) is 57.9 Å². The number of likely N-dealkylation sites (N-methyl/N-ethyl adjacent to an activating group) is 1. The van der Waals surface area contributed by atoms with Crippen molar-refractivity contribution in [2.24, 2.45) is 0 Å². The highest BCUT2D eigenvalue weighted by molar-refractivity contribution is 9.09. The van der Waals surface area contributed by atoms with Crippen LogP contribution in [0.15, 0.2) is 59.5 Å². The third kappa shape index (κ3) is 16.7. The van der Waals surface area contributed by atoms with Gasteiger partial charge in [0.25, 0.3) is 5.91 Å². The summed E-state index contributed by atoms with van der Waals surface area (Å²) in [6.45, 7) is 8.65. The summed E-state index contributed by atoms with van der Waals surface area (Å²) in [4.78, 5) is 61.9. The molecule has 2 amide bonds. The fourth-order valence-electron chi connectivity index (χ4n) is 10.5. The molecule has 30 heteroatoms. The van der Waals surface area contributed by atoms with Crippen LogP contribution in [0.25, 0.3) is 0 Å². The second kappa shape index (κ2) is 32.4. The molecule has 1 aromatic carbocycles. The van der Waals surface area contributed by atoms with Crippen LogP contribution in [0, 0.1) is 23.7 Å². The number of nitrogens with one attached hydrogen (secondary N) is 4. The zero-order chi connectivity index (χ0) is 63.3. The molecule has 19 atom stereocenters. The van der Waals surface area contributed by atoms with Crippen molar-refractivity contribution >= 4 is 72.6 Å². The molecule has 4 aliphatic heterocycles. The first-order valence-electron chi connectivity index (χ1n) is 27.5. The van der Waals surface area contributed by atoms with Gasteiger partial charge in [0.05, 0.1) is 106 Å². The number of alkyl carbamates (subject to hydrolysis) is 1. The number of hydrogen-bond donors (Lipinski definition) is 8. The summed E-state index contributed by atoms with van der Waals surface area (Å²) in [5.41, 5.74) is -0.858. The Morgan fingerprint density at radius 2 is 1.56 bits per heavy atom. The Labute approximate surface area is 520 Å². The van der Waals surface area contributed by atoms with Gasteiger partial charge in [0.1, 0.15) is 18.3 Å². The number of allylic oxidation sites excluding steroid dienone is 2. The molecule has 2 bridgehead atoms. The van der Waals surface area contributed by atoms with E-state index in [0.29, 0.717) is 0 Å². The van der Waals surface area contributed by atoms with E-state index in [1.54, 1.807) is 27.2 Å². The van der Waals surface area contributed by atoms with Crippen molar-refractivity contribution in [1.82, 2.24) is 16.1 Å². The summed E-state index contributed by atoms with van der Waals surface area (Å²) in [5.74, 6) is 8.68. The van der Waals surface area contributed by atoms with E-state index in [1.165, 1.54) is 95.7 Å². The molecule has 4 heterocycles. The quantitative estimate of drug-likeness (QED) is 0.0140. The Morgan fingerprint density at radius 1 is 0.851 bits per heavy atom. The van der Waals surface area contributed by atoms with Gasteiger partial charge in [0.2, 0.25) is 5.78 Å². The fourth-order valence-corrected chi connectivity index (χ4v) is 13.8. The number of ketones is 1. The van der Waals surface area contributed by atoms with E-state index in [-0.39, 0.29) is 82.3 Å². The van der Waals surface area contributed by atoms with Crippen LogP contribution < -0.4 is 30.9 Å². The maximum atomic E-state index is 15.5. The SMILES string of the molecule is C=C(OC)C(=O)Nc1cc(OC)c(OC)cc1C(=O)O[C@@H]1[C@H](C)O[C@@H](O[C@@H]2C(=O)C(NC(=O)OC)=C3/C(=C\CSSSC)[C@]2(O)C#C/C=C/C#C[C@@H]3O[C@@H]2O[C@H](C)[C@@H](NO[C@H]3C[C@H](O)[C@H](SC)[C@@H](C)O3)[C@H](O)[C@H]2O[C@H]2C[C@H](OC)[C@@H](NC)CO2)C[C@@H]1O. The molecule has 0 unspecified atom stereocenters.